The molecule has 0 spiro atoms. The molecule has 0 aromatic carbocycles. The standard InChI is InChI=1S/C15H20N2O2/c1-5(18)17-15(14(19)16-2)12-7-4-8-10-6(7)3-9(12)11(10)13(8)15/h6-13H,3-4H2,1-2H3,(H,16,19)(H,17,18)/t6?,7?,8?,9?,10?,11?,12?,13?,15-/m1/s1. The van der Waals surface area contributed by atoms with Crippen LogP contribution in [0.4, 0.5) is 0 Å². The Hall–Kier alpha value is -1.06. The van der Waals surface area contributed by atoms with Gasteiger partial charge in [-0.05, 0) is 60.2 Å². The summed E-state index contributed by atoms with van der Waals surface area (Å²) in [5, 5.41) is 5.98. The van der Waals surface area contributed by atoms with E-state index in [0.29, 0.717) is 29.6 Å². The lowest BCUT2D eigenvalue weighted by Gasteiger charge is -2.53. The van der Waals surface area contributed by atoms with Gasteiger partial charge in [0, 0.05) is 14.0 Å². The zero-order valence-electron chi connectivity index (χ0n) is 11.3. The molecule has 0 radical (unpaired) electrons. The summed E-state index contributed by atoms with van der Waals surface area (Å²) in [5.74, 6) is 5.53. The van der Waals surface area contributed by atoms with Crippen LogP contribution in [0.5, 0.6) is 0 Å². The van der Waals surface area contributed by atoms with Crippen molar-refractivity contribution in [1.82, 2.24) is 10.6 Å². The maximum Gasteiger partial charge on any atom is 0.246 e. The average Bonchev–Trinajstić information content (AvgIpc) is 2.85. The van der Waals surface area contributed by atoms with Crippen LogP contribution >= 0.6 is 0 Å². The molecule has 2 bridgehead atoms. The molecule has 0 aromatic rings. The Kier molecular flexibility index (Phi) is 1.60. The van der Waals surface area contributed by atoms with Gasteiger partial charge in [-0.3, -0.25) is 9.59 Å². The van der Waals surface area contributed by atoms with Gasteiger partial charge in [0.1, 0.15) is 5.54 Å². The van der Waals surface area contributed by atoms with Crippen molar-refractivity contribution < 1.29 is 9.59 Å². The molecule has 19 heavy (non-hydrogen) atoms. The molecule has 0 aliphatic heterocycles. The van der Waals surface area contributed by atoms with E-state index in [9.17, 15) is 9.59 Å². The van der Waals surface area contributed by atoms with E-state index in [1.54, 1.807) is 14.0 Å². The van der Waals surface area contributed by atoms with Crippen LogP contribution in [0.2, 0.25) is 0 Å². The van der Waals surface area contributed by atoms with Gasteiger partial charge in [-0.2, -0.15) is 0 Å². The summed E-state index contributed by atoms with van der Waals surface area (Å²) in [4.78, 5) is 24.4. The predicted molar refractivity (Wildman–Crippen MR) is 67.8 cm³/mol. The monoisotopic (exact) mass is 260 g/mol. The lowest BCUT2D eigenvalue weighted by Crippen LogP contribution is -2.69. The molecular formula is C15H20N2O2. The minimum Gasteiger partial charge on any atom is -0.357 e. The van der Waals surface area contributed by atoms with Gasteiger partial charge in [-0.25, -0.2) is 0 Å². The lowest BCUT2D eigenvalue weighted by molar-refractivity contribution is -0.143. The van der Waals surface area contributed by atoms with Crippen LogP contribution < -0.4 is 10.6 Å². The van der Waals surface area contributed by atoms with Crippen molar-refractivity contribution in [3.8, 4) is 0 Å². The molecule has 4 heteroatoms. The van der Waals surface area contributed by atoms with Crippen LogP contribution in [0.1, 0.15) is 19.8 Å². The van der Waals surface area contributed by atoms with Crippen molar-refractivity contribution in [2.75, 3.05) is 7.05 Å². The van der Waals surface area contributed by atoms with Crippen molar-refractivity contribution >= 4 is 11.8 Å². The van der Waals surface area contributed by atoms with Gasteiger partial charge >= 0.3 is 0 Å². The summed E-state index contributed by atoms with van der Waals surface area (Å²) in [6, 6.07) is 0. The first-order valence-electron chi connectivity index (χ1n) is 7.62. The minimum absolute atomic E-state index is 0.0452. The number of carbonyl (C=O) groups is 2. The fourth-order valence-electron chi connectivity index (χ4n) is 7.62. The molecule has 0 heterocycles. The second-order valence-corrected chi connectivity index (χ2v) is 7.46. The largest absolute Gasteiger partial charge is 0.357 e. The summed E-state index contributed by atoms with van der Waals surface area (Å²) >= 11 is 0. The number of hydrogen-bond acceptors (Lipinski definition) is 2. The Morgan fingerprint density at radius 2 is 1.68 bits per heavy atom. The lowest BCUT2D eigenvalue weighted by atomic mass is 9.54. The number of fused-ring (bicyclic) bond motifs is 2. The molecule has 5 fully saturated rings. The van der Waals surface area contributed by atoms with Gasteiger partial charge < -0.3 is 10.6 Å². The molecule has 0 aromatic heterocycles. The molecule has 0 saturated heterocycles. The van der Waals surface area contributed by atoms with Crippen molar-refractivity contribution in [1.29, 1.82) is 0 Å². The van der Waals surface area contributed by atoms with E-state index in [-0.39, 0.29) is 11.8 Å². The molecule has 4 nitrogen and oxygen atoms in total. The van der Waals surface area contributed by atoms with Crippen molar-refractivity contribution in [3.63, 3.8) is 0 Å². The van der Waals surface area contributed by atoms with Crippen LogP contribution in [0.3, 0.4) is 0 Å². The van der Waals surface area contributed by atoms with Gasteiger partial charge in [0.2, 0.25) is 11.8 Å². The molecule has 5 aliphatic rings. The van der Waals surface area contributed by atoms with Crippen LogP contribution in [0.25, 0.3) is 0 Å². The first-order valence-corrected chi connectivity index (χ1v) is 7.62. The van der Waals surface area contributed by atoms with E-state index in [0.717, 1.165) is 17.8 Å². The molecule has 9 atom stereocenters. The van der Waals surface area contributed by atoms with E-state index < -0.39 is 5.54 Å². The van der Waals surface area contributed by atoms with E-state index in [2.05, 4.69) is 10.6 Å². The highest BCUT2D eigenvalue weighted by atomic mass is 16.2. The van der Waals surface area contributed by atoms with Crippen molar-refractivity contribution in [3.05, 3.63) is 0 Å². The molecule has 2 amide bonds. The second-order valence-electron chi connectivity index (χ2n) is 7.46. The third-order valence-corrected chi connectivity index (χ3v) is 7.40. The van der Waals surface area contributed by atoms with Crippen LogP contribution in [-0.2, 0) is 9.59 Å². The number of amides is 2. The summed E-state index contributed by atoms with van der Waals surface area (Å²) in [6.45, 7) is 1.55. The molecule has 102 valence electrons. The minimum atomic E-state index is -0.564. The Labute approximate surface area is 112 Å². The number of rotatable bonds is 2. The molecule has 2 N–H and O–H groups in total. The Balaban J connectivity index is 1.68. The smallest absolute Gasteiger partial charge is 0.246 e. The molecule has 5 rings (SSSR count). The Morgan fingerprint density at radius 3 is 2.37 bits per heavy atom. The van der Waals surface area contributed by atoms with Gasteiger partial charge in [-0.15, -0.1) is 0 Å². The van der Waals surface area contributed by atoms with Crippen LogP contribution in [0, 0.1) is 47.3 Å². The molecule has 5 aliphatic carbocycles. The van der Waals surface area contributed by atoms with Crippen LogP contribution in [0.15, 0.2) is 0 Å². The van der Waals surface area contributed by atoms with Gasteiger partial charge in [0.05, 0.1) is 0 Å². The number of likely N-dealkylation sites (N-methyl/N-ethyl adjacent to an activating group) is 1. The zero-order valence-corrected chi connectivity index (χ0v) is 11.3. The third kappa shape index (κ3) is 0.819. The molecule has 5 saturated carbocycles. The van der Waals surface area contributed by atoms with E-state index in [1.807, 2.05) is 0 Å². The second kappa shape index (κ2) is 2.84. The van der Waals surface area contributed by atoms with Crippen molar-refractivity contribution in [2.24, 2.45) is 47.3 Å². The fourth-order valence-corrected chi connectivity index (χ4v) is 7.62. The number of hydrogen-bond donors (Lipinski definition) is 2. The average molecular weight is 260 g/mol. The quantitative estimate of drug-likeness (QED) is 0.754. The highest BCUT2D eigenvalue weighted by Crippen LogP contribution is 2.85. The van der Waals surface area contributed by atoms with Gasteiger partial charge in [0.25, 0.3) is 0 Å². The van der Waals surface area contributed by atoms with E-state index >= 15 is 0 Å². The van der Waals surface area contributed by atoms with Gasteiger partial charge in [0.15, 0.2) is 0 Å². The first-order chi connectivity index (χ1) is 9.11. The molecule has 8 unspecified atom stereocenters. The Morgan fingerprint density at radius 1 is 1.00 bits per heavy atom. The fraction of sp³-hybridized carbons (Fsp3) is 0.867. The summed E-state index contributed by atoms with van der Waals surface area (Å²) in [7, 11) is 1.71. The SMILES string of the molecule is CNC(=O)[C@@]1(NC(C)=O)C2C3CC4C5C3CC2C5C41. The van der Waals surface area contributed by atoms with Crippen molar-refractivity contribution in [2.45, 2.75) is 25.3 Å². The van der Waals surface area contributed by atoms with E-state index in [4.69, 9.17) is 0 Å². The topological polar surface area (TPSA) is 58.2 Å². The maximum atomic E-state index is 12.7. The number of carbonyl (C=O) groups excluding carboxylic acids is 2. The summed E-state index contributed by atoms with van der Waals surface area (Å²) in [6.07, 6.45) is 2.66. The van der Waals surface area contributed by atoms with Gasteiger partial charge in [-0.1, -0.05) is 0 Å². The Bertz CT molecular complexity index is 512. The zero-order chi connectivity index (χ0) is 13.1. The third-order valence-electron chi connectivity index (χ3n) is 7.40. The number of nitrogens with one attached hydrogen (secondary N) is 2. The predicted octanol–water partition coefficient (Wildman–Crippen LogP) is 0.385. The summed E-state index contributed by atoms with van der Waals surface area (Å²) in [5.41, 5.74) is -0.564. The molecular weight excluding hydrogens is 240 g/mol. The maximum absolute atomic E-state index is 12.7. The van der Waals surface area contributed by atoms with E-state index in [1.165, 1.54) is 12.8 Å². The highest BCUT2D eigenvalue weighted by Gasteiger charge is 2.86. The first kappa shape index (κ1) is 10.7. The summed E-state index contributed by atoms with van der Waals surface area (Å²) < 4.78 is 0. The highest BCUT2D eigenvalue weighted by molar-refractivity contribution is 5.93. The normalized spacial score (nSPS) is 61.4. The van der Waals surface area contributed by atoms with Crippen LogP contribution in [-0.4, -0.2) is 24.4 Å².